The monoisotopic (exact) mass is 631 g/mol. The fourth-order valence-corrected chi connectivity index (χ4v) is 6.75. The molecule has 0 aliphatic carbocycles. The molecule has 1 N–H and O–H groups in total. The summed E-state index contributed by atoms with van der Waals surface area (Å²) in [5, 5.41) is 20.4. The zero-order valence-electron chi connectivity index (χ0n) is 23.7. The smallest absolute Gasteiger partial charge is 0.296 e. The number of ketones is 1. The highest BCUT2D eigenvalue weighted by atomic mass is 32.2. The van der Waals surface area contributed by atoms with Crippen LogP contribution in [0.25, 0.3) is 11.0 Å². The fourth-order valence-electron chi connectivity index (χ4n) is 4.90. The van der Waals surface area contributed by atoms with E-state index >= 15 is 0 Å². The lowest BCUT2D eigenvalue weighted by Crippen LogP contribution is -2.31. The minimum absolute atomic E-state index is 0.0671. The number of halogens is 1. The molecule has 44 heavy (non-hydrogen) atoms. The number of carbonyl (C=O) groups is 2. The number of carbonyl (C=O) groups excluding carboxylic acids is 2. The van der Waals surface area contributed by atoms with Crippen LogP contribution in [0.3, 0.4) is 0 Å². The number of methoxy groups -OCH3 is 1. The van der Waals surface area contributed by atoms with Crippen molar-refractivity contribution in [3.8, 4) is 11.5 Å². The Labute approximate surface area is 259 Å². The van der Waals surface area contributed by atoms with Gasteiger partial charge in [0.05, 0.1) is 25.3 Å². The highest BCUT2D eigenvalue weighted by Gasteiger charge is 2.47. The third kappa shape index (κ3) is 5.53. The third-order valence-corrected chi connectivity index (χ3v) is 9.07. The fraction of sp³-hybridized carbons (Fsp3) is 0.188. The van der Waals surface area contributed by atoms with Crippen molar-refractivity contribution in [1.82, 2.24) is 10.2 Å². The van der Waals surface area contributed by atoms with Crippen molar-refractivity contribution in [3.63, 3.8) is 0 Å². The molecule has 0 bridgehead atoms. The minimum atomic E-state index is -1.06. The Balaban J connectivity index is 1.39. The van der Waals surface area contributed by atoms with Crippen molar-refractivity contribution >= 4 is 50.9 Å². The van der Waals surface area contributed by atoms with Crippen LogP contribution in [0.1, 0.15) is 41.1 Å². The lowest BCUT2D eigenvalue weighted by atomic mass is 9.95. The van der Waals surface area contributed by atoms with Gasteiger partial charge in [-0.3, -0.25) is 14.5 Å². The normalized spacial score (nSPS) is 14.9. The molecule has 1 aliphatic heterocycles. The van der Waals surface area contributed by atoms with Gasteiger partial charge in [0.1, 0.15) is 11.6 Å². The number of thioether (sulfide) groups is 1. The first-order chi connectivity index (χ1) is 21.4. The van der Waals surface area contributed by atoms with Crippen LogP contribution in [0.15, 0.2) is 92.9 Å². The van der Waals surface area contributed by atoms with E-state index in [4.69, 9.17) is 13.9 Å². The summed E-state index contributed by atoms with van der Waals surface area (Å²) in [6.07, 6.45) is 0.788. The molecule has 0 saturated carbocycles. The maximum atomic E-state index is 14.2. The number of benzene rings is 3. The Morgan fingerprint density at radius 3 is 2.73 bits per heavy atom. The highest BCUT2D eigenvalue weighted by Crippen LogP contribution is 2.45. The van der Waals surface area contributed by atoms with Crippen LogP contribution in [0.2, 0.25) is 0 Å². The van der Waals surface area contributed by atoms with Crippen LogP contribution >= 0.6 is 23.1 Å². The largest absolute Gasteiger partial charge is 0.503 e. The second kappa shape index (κ2) is 12.5. The van der Waals surface area contributed by atoms with Gasteiger partial charge in [-0.1, -0.05) is 72.5 Å². The second-order valence-corrected chi connectivity index (χ2v) is 12.0. The van der Waals surface area contributed by atoms with Gasteiger partial charge in [0.15, 0.2) is 27.2 Å². The summed E-state index contributed by atoms with van der Waals surface area (Å²) in [5.74, 6) is -1.31. The van der Waals surface area contributed by atoms with Crippen LogP contribution in [-0.2, 0) is 10.5 Å². The number of nitrogens with zero attached hydrogens (tertiary/aromatic N) is 3. The van der Waals surface area contributed by atoms with Gasteiger partial charge in [-0.05, 0) is 47.9 Å². The molecule has 9 nitrogen and oxygen atoms in total. The highest BCUT2D eigenvalue weighted by molar-refractivity contribution is 8.00. The lowest BCUT2D eigenvalue weighted by Gasteiger charge is -2.24. The number of hydrogen-bond donors (Lipinski definition) is 1. The van der Waals surface area contributed by atoms with Crippen molar-refractivity contribution in [1.29, 1.82) is 0 Å². The first kappa shape index (κ1) is 29.4. The second-order valence-electron chi connectivity index (χ2n) is 9.81. The van der Waals surface area contributed by atoms with Crippen LogP contribution in [0, 0.1) is 5.82 Å². The molecular weight excluding hydrogens is 605 g/mol. The molecule has 0 radical (unpaired) electrons. The molecule has 5 aromatic rings. The Kier molecular flexibility index (Phi) is 8.36. The SMILES string of the molecule is CCCOc1cccc(C2C(C(=O)c3cc4cccc(OC)c4o3)=C(O)C(=O)N2c2nnc(SCc3ccccc3F)s2)c1. The molecule has 1 aliphatic rings. The van der Waals surface area contributed by atoms with E-state index in [-0.39, 0.29) is 22.3 Å². The van der Waals surface area contributed by atoms with Crippen molar-refractivity contribution in [2.24, 2.45) is 0 Å². The summed E-state index contributed by atoms with van der Waals surface area (Å²) in [4.78, 5) is 29.0. The van der Waals surface area contributed by atoms with E-state index in [1.165, 1.54) is 29.8 Å². The van der Waals surface area contributed by atoms with Gasteiger partial charge in [-0.25, -0.2) is 4.39 Å². The van der Waals surface area contributed by atoms with Gasteiger partial charge in [0.2, 0.25) is 10.9 Å². The number of anilines is 1. The number of Topliss-reactive ketones (excluding diaryl/α,β-unsaturated/α-hetero) is 1. The van der Waals surface area contributed by atoms with Gasteiger partial charge in [-0.15, -0.1) is 10.2 Å². The quantitative estimate of drug-likeness (QED) is 0.0911. The molecule has 1 amide bonds. The van der Waals surface area contributed by atoms with Gasteiger partial charge >= 0.3 is 0 Å². The number of ether oxygens (including phenoxy) is 2. The van der Waals surface area contributed by atoms with E-state index in [2.05, 4.69) is 10.2 Å². The van der Waals surface area contributed by atoms with Gasteiger partial charge < -0.3 is 19.0 Å². The van der Waals surface area contributed by atoms with Gasteiger partial charge in [0, 0.05) is 11.1 Å². The summed E-state index contributed by atoms with van der Waals surface area (Å²) < 4.78 is 31.8. The first-order valence-corrected chi connectivity index (χ1v) is 15.5. The summed E-state index contributed by atoms with van der Waals surface area (Å²) in [6, 6.07) is 19.2. The van der Waals surface area contributed by atoms with Crippen molar-refractivity contribution < 1.29 is 33.0 Å². The molecule has 224 valence electrons. The maximum Gasteiger partial charge on any atom is 0.296 e. The number of furan rings is 1. The number of aliphatic hydroxyl groups excluding tert-OH is 1. The van der Waals surface area contributed by atoms with Gasteiger partial charge in [0.25, 0.3) is 5.91 Å². The van der Waals surface area contributed by atoms with Gasteiger partial charge in [-0.2, -0.15) is 0 Å². The molecule has 3 heterocycles. The van der Waals surface area contributed by atoms with Crippen molar-refractivity contribution in [2.75, 3.05) is 18.6 Å². The molecule has 2 aromatic heterocycles. The molecule has 1 unspecified atom stereocenters. The molecule has 0 saturated heterocycles. The predicted octanol–water partition coefficient (Wildman–Crippen LogP) is 7.30. The summed E-state index contributed by atoms with van der Waals surface area (Å²) in [5.41, 5.74) is 1.22. The molecule has 3 aromatic carbocycles. The van der Waals surface area contributed by atoms with E-state index in [0.717, 1.165) is 17.8 Å². The Hall–Kier alpha value is -4.68. The standard InChI is InChI=1S/C32H26FN3O6S2/c1-3-14-41-21-11-6-9-18(15-21)26-25(27(37)24-16-19-10-7-13-23(40-2)29(19)42-24)28(38)30(39)36(26)31-34-35-32(44-31)43-17-20-8-4-5-12-22(20)33/h4-13,15-16,26,38H,3,14,17H2,1-2H3. The molecule has 1 atom stereocenters. The average molecular weight is 632 g/mol. The van der Waals surface area contributed by atoms with E-state index in [0.29, 0.717) is 50.3 Å². The van der Waals surface area contributed by atoms with E-state index in [9.17, 15) is 19.1 Å². The van der Waals surface area contributed by atoms with Crippen molar-refractivity contribution in [3.05, 3.63) is 107 Å². The number of rotatable bonds is 11. The van der Waals surface area contributed by atoms with E-state index < -0.39 is 23.5 Å². The summed E-state index contributed by atoms with van der Waals surface area (Å²) >= 11 is 2.36. The first-order valence-electron chi connectivity index (χ1n) is 13.7. The zero-order valence-corrected chi connectivity index (χ0v) is 25.3. The average Bonchev–Trinajstić information content (AvgIpc) is 3.76. The van der Waals surface area contributed by atoms with Crippen LogP contribution in [0.4, 0.5) is 9.52 Å². The third-order valence-electron chi connectivity index (χ3n) is 6.96. The number of aromatic nitrogens is 2. The minimum Gasteiger partial charge on any atom is -0.503 e. The number of aliphatic hydroxyl groups is 1. The zero-order chi connectivity index (χ0) is 30.8. The maximum absolute atomic E-state index is 14.2. The molecule has 12 heteroatoms. The lowest BCUT2D eigenvalue weighted by molar-refractivity contribution is -0.117. The Bertz CT molecular complexity index is 1900. The van der Waals surface area contributed by atoms with Crippen molar-refractivity contribution in [2.45, 2.75) is 29.5 Å². The Morgan fingerprint density at radius 1 is 1.11 bits per heavy atom. The predicted molar refractivity (Wildman–Crippen MR) is 165 cm³/mol. The number of fused-ring (bicyclic) bond motifs is 1. The molecule has 6 rings (SSSR count). The molecular formula is C32H26FN3O6S2. The van der Waals surface area contributed by atoms with Crippen LogP contribution in [0.5, 0.6) is 11.5 Å². The van der Waals surface area contributed by atoms with E-state index in [1.807, 2.05) is 6.92 Å². The number of para-hydroxylation sites is 1. The number of amides is 1. The molecule has 0 spiro atoms. The van der Waals surface area contributed by atoms with Crippen LogP contribution < -0.4 is 14.4 Å². The van der Waals surface area contributed by atoms with Crippen LogP contribution in [-0.4, -0.2) is 40.7 Å². The topological polar surface area (TPSA) is 115 Å². The number of hydrogen-bond acceptors (Lipinski definition) is 10. The molecule has 0 fully saturated rings. The Morgan fingerprint density at radius 2 is 1.93 bits per heavy atom. The summed E-state index contributed by atoms with van der Waals surface area (Å²) in [7, 11) is 1.50. The summed E-state index contributed by atoms with van der Waals surface area (Å²) in [6.45, 7) is 2.46. The van der Waals surface area contributed by atoms with E-state index in [1.54, 1.807) is 66.7 Å².